The second-order valence-electron chi connectivity index (χ2n) is 14.6. The van der Waals surface area contributed by atoms with Crippen LogP contribution in [0.5, 0.6) is 5.75 Å². The molecule has 14 nitrogen and oxygen atoms in total. The summed E-state index contributed by atoms with van der Waals surface area (Å²) in [5.41, 5.74) is 1.24. The number of aromatic nitrogens is 5. The Balaban J connectivity index is 1.81. The molecular weight excluding hydrogens is 695 g/mol. The Hall–Kier alpha value is -3.95. The maximum atomic E-state index is 14.3. The summed E-state index contributed by atoms with van der Waals surface area (Å²) in [6.07, 6.45) is 3.47. The summed E-state index contributed by atoms with van der Waals surface area (Å²) in [6, 6.07) is 5.14. The molecule has 0 saturated heterocycles. The summed E-state index contributed by atoms with van der Waals surface area (Å²) >= 11 is 1.35. The maximum Gasteiger partial charge on any atom is 0.271 e. The zero-order valence-electron chi connectivity index (χ0n) is 33.1. The molecule has 1 aromatic carbocycles. The Bertz CT molecular complexity index is 1550. The largest absolute Gasteiger partial charge is 0.508 e. The van der Waals surface area contributed by atoms with E-state index in [0.717, 1.165) is 24.8 Å². The SMILES string of the molecule is CCCO[C@H](C[C@H](C(C)C)N(C)C(=O)[C@@H](NC(=O)[C@@H]([C@@H](C)CC)N(C)C)[C@@H](C)CC)c1nc(C(=O)N[C@@H](CCc2ccc(O)cc2)c2nnn[nH]2)cs1. The van der Waals surface area contributed by atoms with Crippen molar-refractivity contribution in [3.05, 3.63) is 51.7 Å². The van der Waals surface area contributed by atoms with Crippen LogP contribution in [-0.4, -0.2) is 104 Å². The van der Waals surface area contributed by atoms with Crippen LogP contribution < -0.4 is 10.6 Å². The summed E-state index contributed by atoms with van der Waals surface area (Å²) < 4.78 is 6.36. The van der Waals surface area contributed by atoms with E-state index in [-0.39, 0.29) is 59.0 Å². The zero-order chi connectivity index (χ0) is 39.2. The first kappa shape index (κ1) is 43.5. The third-order valence-corrected chi connectivity index (χ3v) is 11.0. The molecule has 2 heterocycles. The molecular formula is C38H61N9O5S. The van der Waals surface area contributed by atoms with Crippen molar-refractivity contribution in [2.75, 3.05) is 27.7 Å². The topological polar surface area (TPSA) is 179 Å². The molecule has 2 aromatic heterocycles. The Morgan fingerprint density at radius 1 is 0.981 bits per heavy atom. The van der Waals surface area contributed by atoms with E-state index in [9.17, 15) is 19.5 Å². The number of aryl methyl sites for hydroxylation is 1. The van der Waals surface area contributed by atoms with Crippen LogP contribution >= 0.6 is 11.3 Å². The van der Waals surface area contributed by atoms with Gasteiger partial charge in [0, 0.05) is 31.5 Å². The molecule has 15 heteroatoms. The standard InChI is InChI=1S/C38H61N9O5S/c1-11-20-52-31(21-30(23(4)5)47(10)38(51)32(24(6)12-2)41-36(50)33(46(8)9)25(7)13-3)37-40-29(22-53-37)35(49)39-28(34-42-44-45-43-34)19-16-26-14-17-27(48)18-15-26/h14-15,17-18,22-25,28,30-33,48H,11-13,16,19-21H2,1-10H3,(H,39,49)(H,41,50)(H,42,43,44,45)/t24-,25-,28-,30+,31+,32-,33+/m0/s1. The average molecular weight is 756 g/mol. The van der Waals surface area contributed by atoms with E-state index in [2.05, 4.69) is 59.0 Å². The normalized spacial score (nSPS) is 15.7. The molecule has 294 valence electrons. The summed E-state index contributed by atoms with van der Waals surface area (Å²) in [6.45, 7) is 14.8. The molecule has 0 bridgehead atoms. The number of hydrogen-bond donors (Lipinski definition) is 4. The number of phenols is 1. The van der Waals surface area contributed by atoms with Gasteiger partial charge in [0.1, 0.15) is 28.6 Å². The van der Waals surface area contributed by atoms with E-state index in [0.29, 0.717) is 36.7 Å². The third kappa shape index (κ3) is 12.3. The van der Waals surface area contributed by atoms with Gasteiger partial charge in [-0.05, 0) is 79.2 Å². The fourth-order valence-corrected chi connectivity index (χ4v) is 7.32. The van der Waals surface area contributed by atoms with Gasteiger partial charge in [-0.3, -0.25) is 19.3 Å². The summed E-state index contributed by atoms with van der Waals surface area (Å²) in [5, 5.41) is 32.4. The quantitative estimate of drug-likeness (QED) is 0.105. The van der Waals surface area contributed by atoms with Crippen molar-refractivity contribution in [1.82, 2.24) is 46.0 Å². The third-order valence-electron chi connectivity index (χ3n) is 10.1. The number of hydrogen-bond acceptors (Lipinski definition) is 11. The van der Waals surface area contributed by atoms with Crippen LogP contribution in [0.4, 0.5) is 0 Å². The number of thiazole rings is 1. The van der Waals surface area contributed by atoms with Crippen LogP contribution in [0, 0.1) is 17.8 Å². The van der Waals surface area contributed by atoms with Crippen LogP contribution in [0.3, 0.4) is 0 Å². The lowest BCUT2D eigenvalue weighted by atomic mass is 9.92. The molecule has 3 aromatic rings. The Labute approximate surface area is 318 Å². The minimum absolute atomic E-state index is 0.0622. The molecule has 4 N–H and O–H groups in total. The fourth-order valence-electron chi connectivity index (χ4n) is 6.46. The lowest BCUT2D eigenvalue weighted by Gasteiger charge is -2.38. The van der Waals surface area contributed by atoms with Crippen molar-refractivity contribution in [2.24, 2.45) is 17.8 Å². The number of benzene rings is 1. The van der Waals surface area contributed by atoms with Crippen molar-refractivity contribution in [3.8, 4) is 5.75 Å². The first-order valence-corrected chi connectivity index (χ1v) is 19.7. The highest BCUT2D eigenvalue weighted by Crippen LogP contribution is 2.31. The van der Waals surface area contributed by atoms with Crippen LogP contribution in [0.15, 0.2) is 29.6 Å². The van der Waals surface area contributed by atoms with Crippen LogP contribution in [-0.2, 0) is 20.7 Å². The fraction of sp³-hybridized carbons (Fsp3) is 0.658. The van der Waals surface area contributed by atoms with Crippen molar-refractivity contribution in [2.45, 2.75) is 117 Å². The second kappa shape index (κ2) is 21.1. The van der Waals surface area contributed by atoms with Crippen LogP contribution in [0.1, 0.15) is 120 Å². The number of tetrazole rings is 1. The summed E-state index contributed by atoms with van der Waals surface area (Å²) in [5.74, 6) is 0.0650. The molecule has 0 unspecified atom stereocenters. The van der Waals surface area contributed by atoms with E-state index >= 15 is 0 Å². The summed E-state index contributed by atoms with van der Waals surface area (Å²) in [4.78, 5) is 49.9. The number of H-pyrrole nitrogens is 1. The van der Waals surface area contributed by atoms with Crippen molar-refractivity contribution in [1.29, 1.82) is 0 Å². The van der Waals surface area contributed by atoms with Gasteiger partial charge in [0.05, 0.1) is 12.1 Å². The minimum Gasteiger partial charge on any atom is -0.508 e. The lowest BCUT2D eigenvalue weighted by molar-refractivity contribution is -0.141. The number of likely N-dealkylation sites (N-methyl/N-ethyl adjacent to an activating group) is 2. The van der Waals surface area contributed by atoms with E-state index in [4.69, 9.17) is 9.72 Å². The zero-order valence-corrected chi connectivity index (χ0v) is 33.9. The Morgan fingerprint density at radius 2 is 1.66 bits per heavy atom. The smallest absolute Gasteiger partial charge is 0.271 e. The number of amides is 3. The monoisotopic (exact) mass is 755 g/mol. The average Bonchev–Trinajstić information content (AvgIpc) is 3.86. The number of ether oxygens (including phenoxy) is 1. The molecule has 3 rings (SSSR count). The second-order valence-corrected chi connectivity index (χ2v) is 15.5. The van der Waals surface area contributed by atoms with Crippen molar-refractivity contribution >= 4 is 29.1 Å². The van der Waals surface area contributed by atoms with Gasteiger partial charge in [0.25, 0.3) is 5.91 Å². The van der Waals surface area contributed by atoms with Gasteiger partial charge in [0.2, 0.25) is 11.8 Å². The van der Waals surface area contributed by atoms with E-state index in [1.54, 1.807) is 29.5 Å². The predicted molar refractivity (Wildman–Crippen MR) is 206 cm³/mol. The molecule has 0 fully saturated rings. The van der Waals surface area contributed by atoms with Crippen LogP contribution in [0.25, 0.3) is 0 Å². The van der Waals surface area contributed by atoms with Crippen molar-refractivity contribution in [3.63, 3.8) is 0 Å². The van der Waals surface area contributed by atoms with Crippen LogP contribution in [0.2, 0.25) is 0 Å². The molecule has 0 radical (unpaired) electrons. The van der Waals surface area contributed by atoms with Gasteiger partial charge >= 0.3 is 0 Å². The summed E-state index contributed by atoms with van der Waals surface area (Å²) in [7, 11) is 5.60. The van der Waals surface area contributed by atoms with Gasteiger partial charge in [0.15, 0.2) is 5.82 Å². The molecule has 0 aliphatic rings. The molecule has 0 spiro atoms. The number of nitrogens with zero attached hydrogens (tertiary/aromatic N) is 6. The molecule has 0 aliphatic carbocycles. The number of carbonyl (C=O) groups is 3. The van der Waals surface area contributed by atoms with Gasteiger partial charge in [-0.1, -0.05) is 73.4 Å². The Morgan fingerprint density at radius 3 is 2.23 bits per heavy atom. The number of aromatic amines is 1. The van der Waals surface area contributed by atoms with E-state index < -0.39 is 18.2 Å². The molecule has 7 atom stereocenters. The highest BCUT2D eigenvalue weighted by molar-refractivity contribution is 7.09. The van der Waals surface area contributed by atoms with E-state index in [1.807, 2.05) is 51.9 Å². The first-order valence-electron chi connectivity index (χ1n) is 18.8. The molecule has 53 heavy (non-hydrogen) atoms. The predicted octanol–water partition coefficient (Wildman–Crippen LogP) is 5.31. The van der Waals surface area contributed by atoms with Gasteiger partial charge in [-0.2, -0.15) is 0 Å². The number of carbonyl (C=O) groups excluding carboxylic acids is 3. The Kier molecular flexibility index (Phi) is 17.3. The van der Waals surface area contributed by atoms with E-state index in [1.165, 1.54) is 11.3 Å². The molecule has 0 saturated carbocycles. The lowest BCUT2D eigenvalue weighted by Crippen LogP contribution is -2.58. The first-order chi connectivity index (χ1) is 25.2. The number of aromatic hydroxyl groups is 1. The minimum atomic E-state index is -0.683. The maximum absolute atomic E-state index is 14.3. The number of phenolic OH excluding ortho intramolecular Hbond substituents is 1. The number of rotatable bonds is 22. The highest BCUT2D eigenvalue weighted by Gasteiger charge is 2.37. The van der Waals surface area contributed by atoms with Crippen molar-refractivity contribution < 1.29 is 24.2 Å². The molecule has 0 aliphatic heterocycles. The van der Waals surface area contributed by atoms with Gasteiger partial charge < -0.3 is 25.4 Å². The molecule has 3 amide bonds. The number of nitrogens with one attached hydrogen (secondary N) is 3. The van der Waals surface area contributed by atoms with Gasteiger partial charge in [-0.25, -0.2) is 10.1 Å². The highest BCUT2D eigenvalue weighted by atomic mass is 32.1. The van der Waals surface area contributed by atoms with Gasteiger partial charge in [-0.15, -0.1) is 16.4 Å².